The SMILES string of the molecule is O=C(C[C@@H]1C[C@H]2O[C@H](CNC3CCOCC3)[C@@H](O)[C@H]2O1)N1CCOCC1. The number of ether oxygens (including phenoxy) is 4. The van der Waals surface area contributed by atoms with Crippen molar-refractivity contribution in [1.29, 1.82) is 0 Å². The van der Waals surface area contributed by atoms with Crippen molar-refractivity contribution in [1.82, 2.24) is 10.2 Å². The maximum atomic E-state index is 12.4. The van der Waals surface area contributed by atoms with E-state index in [1.807, 2.05) is 4.90 Å². The molecule has 4 aliphatic heterocycles. The topological polar surface area (TPSA) is 89.5 Å². The van der Waals surface area contributed by atoms with Crippen LogP contribution in [0.1, 0.15) is 25.7 Å². The highest BCUT2D eigenvalue weighted by atomic mass is 16.6. The predicted molar refractivity (Wildman–Crippen MR) is 91.8 cm³/mol. The molecule has 0 unspecified atom stereocenters. The van der Waals surface area contributed by atoms with Gasteiger partial charge in [0.2, 0.25) is 5.91 Å². The number of morpholine rings is 1. The summed E-state index contributed by atoms with van der Waals surface area (Å²) in [5, 5.41) is 14.0. The van der Waals surface area contributed by atoms with Gasteiger partial charge in [0.15, 0.2) is 0 Å². The van der Waals surface area contributed by atoms with Crippen molar-refractivity contribution in [3.63, 3.8) is 0 Å². The average molecular weight is 370 g/mol. The Morgan fingerprint density at radius 1 is 1.08 bits per heavy atom. The molecule has 148 valence electrons. The fourth-order valence-corrected chi connectivity index (χ4v) is 4.33. The van der Waals surface area contributed by atoms with Crippen LogP contribution in [0.3, 0.4) is 0 Å². The molecule has 0 saturated carbocycles. The van der Waals surface area contributed by atoms with E-state index in [-0.39, 0.29) is 30.3 Å². The molecule has 4 aliphatic rings. The third kappa shape index (κ3) is 4.21. The molecule has 26 heavy (non-hydrogen) atoms. The van der Waals surface area contributed by atoms with Crippen molar-refractivity contribution in [2.75, 3.05) is 46.1 Å². The summed E-state index contributed by atoms with van der Waals surface area (Å²) in [4.78, 5) is 14.2. The van der Waals surface area contributed by atoms with Crippen LogP contribution in [0.15, 0.2) is 0 Å². The van der Waals surface area contributed by atoms with E-state index in [1.54, 1.807) is 0 Å². The number of hydrogen-bond donors (Lipinski definition) is 2. The van der Waals surface area contributed by atoms with Crippen LogP contribution in [-0.2, 0) is 23.7 Å². The first-order chi connectivity index (χ1) is 12.7. The fraction of sp³-hybridized carbons (Fsp3) is 0.944. The number of nitrogens with one attached hydrogen (secondary N) is 1. The number of aliphatic hydroxyl groups excluding tert-OH is 1. The van der Waals surface area contributed by atoms with E-state index in [4.69, 9.17) is 18.9 Å². The second kappa shape index (κ2) is 8.50. The summed E-state index contributed by atoms with van der Waals surface area (Å²) < 4.78 is 22.7. The van der Waals surface area contributed by atoms with Crippen molar-refractivity contribution in [2.24, 2.45) is 0 Å². The minimum atomic E-state index is -0.643. The Bertz CT molecular complexity index is 480. The first-order valence-corrected chi connectivity index (χ1v) is 9.86. The van der Waals surface area contributed by atoms with E-state index < -0.39 is 6.10 Å². The van der Waals surface area contributed by atoms with Crippen LogP contribution in [0.25, 0.3) is 0 Å². The van der Waals surface area contributed by atoms with E-state index >= 15 is 0 Å². The monoisotopic (exact) mass is 370 g/mol. The molecule has 4 heterocycles. The van der Waals surface area contributed by atoms with E-state index in [0.717, 1.165) is 26.1 Å². The van der Waals surface area contributed by atoms with Crippen molar-refractivity contribution < 1.29 is 28.8 Å². The van der Waals surface area contributed by atoms with Gasteiger partial charge in [0.1, 0.15) is 12.2 Å². The second-order valence-corrected chi connectivity index (χ2v) is 7.65. The summed E-state index contributed by atoms with van der Waals surface area (Å²) in [6.45, 7) is 4.71. The maximum absolute atomic E-state index is 12.4. The number of carbonyl (C=O) groups is 1. The lowest BCUT2D eigenvalue weighted by Crippen LogP contribution is -2.44. The van der Waals surface area contributed by atoms with Crippen LogP contribution < -0.4 is 5.32 Å². The molecule has 8 nitrogen and oxygen atoms in total. The summed E-state index contributed by atoms with van der Waals surface area (Å²) in [6, 6.07) is 0.430. The lowest BCUT2D eigenvalue weighted by atomic mass is 10.1. The highest BCUT2D eigenvalue weighted by Crippen LogP contribution is 2.35. The van der Waals surface area contributed by atoms with Gasteiger partial charge in [0, 0.05) is 45.3 Å². The number of rotatable bonds is 5. The van der Waals surface area contributed by atoms with Gasteiger partial charge in [-0.15, -0.1) is 0 Å². The summed E-state index contributed by atoms with van der Waals surface area (Å²) in [5.74, 6) is 0.102. The van der Waals surface area contributed by atoms with Gasteiger partial charge in [-0.25, -0.2) is 0 Å². The van der Waals surface area contributed by atoms with Crippen molar-refractivity contribution >= 4 is 5.91 Å². The third-order valence-electron chi connectivity index (χ3n) is 5.87. The number of fused-ring (bicyclic) bond motifs is 1. The standard InChI is InChI=1S/C18H30N2O6/c21-16(20-3-7-24-8-4-20)10-13-9-14-18(25-13)17(22)15(26-14)11-19-12-1-5-23-6-2-12/h12-15,17-19,22H,1-11H2/t13-,14+,15+,17+,18-/m0/s1. The highest BCUT2D eigenvalue weighted by Gasteiger charge is 2.50. The number of carbonyl (C=O) groups excluding carboxylic acids is 1. The molecule has 4 fully saturated rings. The Labute approximate surface area is 154 Å². The van der Waals surface area contributed by atoms with Gasteiger partial charge in [0.05, 0.1) is 37.9 Å². The fourth-order valence-electron chi connectivity index (χ4n) is 4.33. The van der Waals surface area contributed by atoms with Gasteiger partial charge in [-0.1, -0.05) is 0 Å². The average Bonchev–Trinajstić information content (AvgIpc) is 3.20. The minimum absolute atomic E-state index is 0.102. The molecule has 2 N–H and O–H groups in total. The Hall–Kier alpha value is -0.770. The van der Waals surface area contributed by atoms with Crippen LogP contribution in [0.4, 0.5) is 0 Å². The van der Waals surface area contributed by atoms with Gasteiger partial charge in [-0.3, -0.25) is 4.79 Å². The van der Waals surface area contributed by atoms with Crippen LogP contribution in [0.5, 0.6) is 0 Å². The van der Waals surface area contributed by atoms with Gasteiger partial charge in [-0.2, -0.15) is 0 Å². The molecule has 0 aromatic rings. The minimum Gasteiger partial charge on any atom is -0.388 e. The zero-order chi connectivity index (χ0) is 17.9. The molecular formula is C18H30N2O6. The molecule has 5 atom stereocenters. The first-order valence-electron chi connectivity index (χ1n) is 9.86. The van der Waals surface area contributed by atoms with Gasteiger partial charge < -0.3 is 34.3 Å². The Morgan fingerprint density at radius 2 is 1.81 bits per heavy atom. The van der Waals surface area contributed by atoms with E-state index in [9.17, 15) is 9.90 Å². The zero-order valence-electron chi connectivity index (χ0n) is 15.2. The molecule has 0 aliphatic carbocycles. The molecule has 4 rings (SSSR count). The summed E-state index contributed by atoms with van der Waals surface area (Å²) in [5.41, 5.74) is 0. The summed E-state index contributed by atoms with van der Waals surface area (Å²) >= 11 is 0. The normalized spacial score (nSPS) is 38.5. The van der Waals surface area contributed by atoms with Crippen LogP contribution in [0.2, 0.25) is 0 Å². The molecule has 4 saturated heterocycles. The zero-order valence-corrected chi connectivity index (χ0v) is 15.2. The number of hydrogen-bond acceptors (Lipinski definition) is 7. The third-order valence-corrected chi connectivity index (χ3v) is 5.87. The smallest absolute Gasteiger partial charge is 0.225 e. The lowest BCUT2D eigenvalue weighted by Gasteiger charge is -2.28. The molecule has 0 aromatic carbocycles. The summed E-state index contributed by atoms with van der Waals surface area (Å²) in [7, 11) is 0. The number of nitrogens with zero attached hydrogens (tertiary/aromatic N) is 1. The van der Waals surface area contributed by atoms with E-state index in [0.29, 0.717) is 51.7 Å². The number of aliphatic hydroxyl groups is 1. The summed E-state index contributed by atoms with van der Waals surface area (Å²) in [6.07, 6.45) is 1.53. The quantitative estimate of drug-likeness (QED) is 0.661. The van der Waals surface area contributed by atoms with Gasteiger partial charge in [-0.05, 0) is 12.8 Å². The van der Waals surface area contributed by atoms with Gasteiger partial charge in [0.25, 0.3) is 0 Å². The molecule has 0 bridgehead atoms. The van der Waals surface area contributed by atoms with E-state index in [2.05, 4.69) is 5.32 Å². The van der Waals surface area contributed by atoms with Crippen LogP contribution in [-0.4, -0.2) is 98.5 Å². The first kappa shape index (κ1) is 18.6. The Morgan fingerprint density at radius 3 is 2.54 bits per heavy atom. The lowest BCUT2D eigenvalue weighted by molar-refractivity contribution is -0.138. The molecule has 8 heteroatoms. The maximum Gasteiger partial charge on any atom is 0.225 e. The van der Waals surface area contributed by atoms with Gasteiger partial charge >= 0.3 is 0 Å². The van der Waals surface area contributed by atoms with Crippen LogP contribution in [0, 0.1) is 0 Å². The highest BCUT2D eigenvalue weighted by molar-refractivity contribution is 5.76. The van der Waals surface area contributed by atoms with Crippen molar-refractivity contribution in [3.8, 4) is 0 Å². The molecular weight excluding hydrogens is 340 g/mol. The molecule has 0 radical (unpaired) electrons. The Kier molecular flexibility index (Phi) is 6.07. The largest absolute Gasteiger partial charge is 0.388 e. The van der Waals surface area contributed by atoms with Crippen molar-refractivity contribution in [3.05, 3.63) is 0 Å². The molecule has 0 spiro atoms. The molecule has 1 amide bonds. The van der Waals surface area contributed by atoms with Crippen molar-refractivity contribution in [2.45, 2.75) is 62.2 Å². The van der Waals surface area contributed by atoms with E-state index in [1.165, 1.54) is 0 Å². The second-order valence-electron chi connectivity index (χ2n) is 7.65. The number of amides is 1. The predicted octanol–water partition coefficient (Wildman–Crippen LogP) is -0.710. The van der Waals surface area contributed by atoms with Crippen LogP contribution >= 0.6 is 0 Å². The Balaban J connectivity index is 1.21. The molecule has 0 aromatic heterocycles.